The largest absolute Gasteiger partial charge is 0.0693 e. The van der Waals surface area contributed by atoms with Crippen molar-refractivity contribution in [1.29, 1.82) is 0 Å². The first-order chi connectivity index (χ1) is 11.0. The number of rotatable bonds is 2. The third-order valence-corrected chi connectivity index (χ3v) is 5.76. The van der Waals surface area contributed by atoms with Crippen molar-refractivity contribution < 1.29 is 0 Å². The number of benzene rings is 2. The van der Waals surface area contributed by atoms with E-state index in [1.807, 2.05) is 0 Å². The lowest BCUT2D eigenvalue weighted by molar-refractivity contribution is 0.449. The van der Waals surface area contributed by atoms with Gasteiger partial charge in [0.15, 0.2) is 0 Å². The summed E-state index contributed by atoms with van der Waals surface area (Å²) in [7, 11) is 0. The molecule has 23 heavy (non-hydrogen) atoms. The molecule has 0 nitrogen and oxygen atoms in total. The predicted octanol–water partition coefficient (Wildman–Crippen LogP) is 6.24. The van der Waals surface area contributed by atoms with Crippen molar-refractivity contribution in [2.24, 2.45) is 5.92 Å². The van der Waals surface area contributed by atoms with Crippen LogP contribution in [0.25, 0.3) is 5.57 Å². The van der Waals surface area contributed by atoms with Gasteiger partial charge in [-0.1, -0.05) is 80.1 Å². The lowest BCUT2D eigenvalue weighted by Crippen LogP contribution is -2.35. The van der Waals surface area contributed by atoms with E-state index in [9.17, 15) is 0 Å². The molecule has 3 rings (SSSR count). The molecule has 0 aliphatic heterocycles. The molecule has 0 radical (unpaired) electrons. The highest BCUT2D eigenvalue weighted by atomic mass is 14.4. The summed E-state index contributed by atoms with van der Waals surface area (Å²) in [4.78, 5) is 0. The summed E-state index contributed by atoms with van der Waals surface area (Å²) >= 11 is 0. The molecule has 0 heteroatoms. The van der Waals surface area contributed by atoms with Gasteiger partial charge in [-0.2, -0.15) is 0 Å². The summed E-state index contributed by atoms with van der Waals surface area (Å²) in [5.74, 6) is 0.475. The Morgan fingerprint density at radius 2 is 1.39 bits per heavy atom. The molecule has 0 saturated carbocycles. The Morgan fingerprint density at radius 3 is 2.04 bits per heavy atom. The molecular weight excluding hydrogens is 276 g/mol. The second-order valence-corrected chi connectivity index (χ2v) is 7.04. The fourth-order valence-corrected chi connectivity index (χ4v) is 4.00. The minimum absolute atomic E-state index is 0.00368. The van der Waals surface area contributed by atoms with Crippen molar-refractivity contribution in [3.05, 3.63) is 88.5 Å². The van der Waals surface area contributed by atoms with Crippen LogP contribution in [-0.4, -0.2) is 0 Å². The molecule has 2 atom stereocenters. The van der Waals surface area contributed by atoms with Gasteiger partial charge < -0.3 is 0 Å². The molecule has 0 fully saturated rings. The summed E-state index contributed by atoms with van der Waals surface area (Å²) in [5, 5.41) is 0. The molecule has 1 aliphatic carbocycles. The van der Waals surface area contributed by atoms with Crippen LogP contribution in [0.4, 0.5) is 0 Å². The van der Waals surface area contributed by atoms with Crippen LogP contribution in [0.1, 0.15) is 43.0 Å². The Kier molecular flexibility index (Phi) is 4.02. The summed E-state index contributed by atoms with van der Waals surface area (Å²) in [6.07, 6.45) is 4.64. The van der Waals surface area contributed by atoms with Crippen molar-refractivity contribution >= 4 is 5.57 Å². The smallest absolute Gasteiger partial charge is 0.0245 e. The maximum atomic E-state index is 2.41. The molecule has 0 N–H and O–H groups in total. The second-order valence-electron chi connectivity index (χ2n) is 7.04. The van der Waals surface area contributed by atoms with Gasteiger partial charge in [0.25, 0.3) is 0 Å². The van der Waals surface area contributed by atoms with Gasteiger partial charge in [0, 0.05) is 5.41 Å². The Labute approximate surface area is 140 Å². The van der Waals surface area contributed by atoms with Crippen LogP contribution in [-0.2, 0) is 5.41 Å². The maximum Gasteiger partial charge on any atom is 0.0245 e. The van der Waals surface area contributed by atoms with E-state index < -0.39 is 0 Å². The quantitative estimate of drug-likeness (QED) is 0.616. The van der Waals surface area contributed by atoms with Crippen LogP contribution in [0, 0.1) is 19.8 Å². The molecule has 0 bridgehead atoms. The second kappa shape index (κ2) is 5.85. The minimum Gasteiger partial charge on any atom is -0.0693 e. The molecule has 2 aromatic rings. The van der Waals surface area contributed by atoms with E-state index in [1.165, 1.54) is 33.4 Å². The van der Waals surface area contributed by atoms with Crippen LogP contribution in [0.2, 0.25) is 0 Å². The van der Waals surface area contributed by atoms with Crippen molar-refractivity contribution in [2.75, 3.05) is 0 Å². The van der Waals surface area contributed by atoms with Gasteiger partial charge in [-0.15, -0.1) is 0 Å². The lowest BCUT2D eigenvalue weighted by Gasteiger charge is -2.43. The van der Waals surface area contributed by atoms with Crippen molar-refractivity contribution in [2.45, 2.75) is 40.0 Å². The number of aryl methyl sites for hydroxylation is 2. The Hall–Kier alpha value is -2.08. The van der Waals surface area contributed by atoms with Gasteiger partial charge in [-0.05, 0) is 54.5 Å². The molecule has 0 amide bonds. The van der Waals surface area contributed by atoms with Crippen LogP contribution in [0.5, 0.6) is 0 Å². The van der Waals surface area contributed by atoms with Gasteiger partial charge >= 0.3 is 0 Å². The molecule has 0 saturated heterocycles. The highest BCUT2D eigenvalue weighted by molar-refractivity contribution is 5.80. The highest BCUT2D eigenvalue weighted by Crippen LogP contribution is 2.50. The van der Waals surface area contributed by atoms with E-state index in [1.54, 1.807) is 0 Å². The third-order valence-electron chi connectivity index (χ3n) is 5.76. The molecular formula is C23H26. The number of hydrogen-bond donors (Lipinski definition) is 0. The SMILES string of the molecule is CC1=CC=C(c2ccccc2C)C(C)(c2ccccc2C)C1C. The Morgan fingerprint density at radius 1 is 0.783 bits per heavy atom. The highest BCUT2D eigenvalue weighted by Gasteiger charge is 2.40. The topological polar surface area (TPSA) is 0 Å². The first-order valence-corrected chi connectivity index (χ1v) is 8.47. The fourth-order valence-electron chi connectivity index (χ4n) is 4.00. The third kappa shape index (κ3) is 2.47. The Bertz CT molecular complexity index is 791. The lowest BCUT2D eigenvalue weighted by atomic mass is 9.60. The van der Waals surface area contributed by atoms with Gasteiger partial charge in [0.2, 0.25) is 0 Å². The van der Waals surface area contributed by atoms with E-state index >= 15 is 0 Å². The van der Waals surface area contributed by atoms with E-state index in [0.29, 0.717) is 5.92 Å². The summed E-state index contributed by atoms with van der Waals surface area (Å²) < 4.78 is 0. The number of allylic oxidation sites excluding steroid dienone is 4. The van der Waals surface area contributed by atoms with Crippen LogP contribution in [0.15, 0.2) is 66.3 Å². The fraction of sp³-hybridized carbons (Fsp3) is 0.304. The van der Waals surface area contributed by atoms with E-state index in [0.717, 1.165) is 0 Å². The van der Waals surface area contributed by atoms with Crippen LogP contribution >= 0.6 is 0 Å². The van der Waals surface area contributed by atoms with Gasteiger partial charge in [0.05, 0.1) is 0 Å². The van der Waals surface area contributed by atoms with E-state index in [4.69, 9.17) is 0 Å². The van der Waals surface area contributed by atoms with Gasteiger partial charge in [-0.3, -0.25) is 0 Å². The minimum atomic E-state index is -0.00368. The molecule has 2 aromatic carbocycles. The molecule has 0 spiro atoms. The zero-order valence-electron chi connectivity index (χ0n) is 14.9. The zero-order valence-corrected chi connectivity index (χ0v) is 14.9. The molecule has 0 heterocycles. The maximum absolute atomic E-state index is 2.41. The number of hydrogen-bond acceptors (Lipinski definition) is 0. The van der Waals surface area contributed by atoms with Crippen LogP contribution in [0.3, 0.4) is 0 Å². The standard InChI is InChI=1S/C23H26/c1-16-14-15-22(20-12-8-6-10-17(20)2)23(5,19(16)4)21-13-9-7-11-18(21)3/h6-15,19H,1-5H3. The van der Waals surface area contributed by atoms with Crippen molar-refractivity contribution in [3.8, 4) is 0 Å². The molecule has 118 valence electrons. The summed E-state index contributed by atoms with van der Waals surface area (Å²) in [6.45, 7) is 11.5. The first kappa shape index (κ1) is 15.8. The normalized spacial score (nSPS) is 24.1. The van der Waals surface area contributed by atoms with Gasteiger partial charge in [-0.25, -0.2) is 0 Å². The van der Waals surface area contributed by atoms with Gasteiger partial charge in [0.1, 0.15) is 0 Å². The monoisotopic (exact) mass is 302 g/mol. The van der Waals surface area contributed by atoms with Crippen molar-refractivity contribution in [1.82, 2.24) is 0 Å². The predicted molar refractivity (Wildman–Crippen MR) is 101 cm³/mol. The average Bonchev–Trinajstić information content (AvgIpc) is 2.54. The zero-order chi connectivity index (χ0) is 16.6. The average molecular weight is 302 g/mol. The van der Waals surface area contributed by atoms with E-state index in [-0.39, 0.29) is 5.41 Å². The molecule has 0 aromatic heterocycles. The van der Waals surface area contributed by atoms with Crippen molar-refractivity contribution in [3.63, 3.8) is 0 Å². The Balaban J connectivity index is 2.28. The van der Waals surface area contributed by atoms with E-state index in [2.05, 4.69) is 95.3 Å². The molecule has 1 aliphatic rings. The molecule has 2 unspecified atom stereocenters. The van der Waals surface area contributed by atoms with Crippen LogP contribution < -0.4 is 0 Å². The first-order valence-electron chi connectivity index (χ1n) is 8.47. The summed E-state index contributed by atoms with van der Waals surface area (Å²) in [6, 6.07) is 17.6. The summed E-state index contributed by atoms with van der Waals surface area (Å²) in [5.41, 5.74) is 8.41.